The molecule has 1 aliphatic heterocycles. The first kappa shape index (κ1) is 31.0. The quantitative estimate of drug-likeness (QED) is 0.223. The van der Waals surface area contributed by atoms with Gasteiger partial charge in [-0.1, -0.05) is 12.1 Å². The van der Waals surface area contributed by atoms with Gasteiger partial charge in [0, 0.05) is 39.0 Å². The highest BCUT2D eigenvalue weighted by Crippen LogP contribution is 2.33. The first-order valence-corrected chi connectivity index (χ1v) is 15.1. The number of fused-ring (bicyclic) bond motifs is 3. The summed E-state index contributed by atoms with van der Waals surface area (Å²) in [5, 5.41) is 9.36. The molecule has 1 fully saturated rings. The lowest BCUT2D eigenvalue weighted by molar-refractivity contribution is -0.137. The van der Waals surface area contributed by atoms with Crippen LogP contribution in [-0.2, 0) is 15.7 Å². The lowest BCUT2D eigenvalue weighted by Crippen LogP contribution is -2.51. The van der Waals surface area contributed by atoms with Crippen molar-refractivity contribution < 1.29 is 31.9 Å². The van der Waals surface area contributed by atoms with Crippen LogP contribution in [0.25, 0.3) is 28.3 Å². The lowest BCUT2D eigenvalue weighted by Gasteiger charge is -2.37. The number of carbonyl (C=O) groups excluding carboxylic acids is 1. The molecule has 1 atom stereocenters. The number of hydrogen-bond donors (Lipinski definition) is 1. The van der Waals surface area contributed by atoms with Gasteiger partial charge in [0.1, 0.15) is 12.4 Å². The van der Waals surface area contributed by atoms with Gasteiger partial charge in [-0.3, -0.25) is 4.79 Å². The predicted molar refractivity (Wildman–Crippen MR) is 168 cm³/mol. The van der Waals surface area contributed by atoms with Gasteiger partial charge in [-0.05, 0) is 54.1 Å². The second-order valence-electron chi connectivity index (χ2n) is 11.1. The summed E-state index contributed by atoms with van der Waals surface area (Å²) < 4.78 is 59.2. The molecule has 6 aromatic rings. The van der Waals surface area contributed by atoms with Crippen molar-refractivity contribution in [2.24, 2.45) is 0 Å². The summed E-state index contributed by atoms with van der Waals surface area (Å²) in [7, 11) is 1.61. The number of nitrogen functional groups attached to an aromatic ring is 1. The number of nitrogens with two attached hydrogens (primary N) is 1. The number of rotatable bonds is 9. The molecule has 1 aliphatic rings. The number of carbonyl (C=O) groups is 1. The molecular weight excluding hydrogens is 631 g/mol. The Morgan fingerprint density at radius 2 is 1.73 bits per heavy atom. The number of nitrogens with zero attached hydrogens (tertiary/aromatic N) is 8. The second-order valence-corrected chi connectivity index (χ2v) is 11.1. The number of alkyl halides is 3. The van der Waals surface area contributed by atoms with Crippen LogP contribution in [-0.4, -0.2) is 86.7 Å². The fourth-order valence-electron chi connectivity index (χ4n) is 5.72. The standard InChI is InChI=1S/C32H30F3N9O4/c1-46-17-18-47-23-10-8-22(9-11-23)41-12-14-42(15-13-41)30(45)26(20-4-6-21(7-5-20)32(33,34)35)43-29-24(19-37-43)28-38-27(25-3-2-16-48-25)40-44(28)31(36)39-29/h2-11,16,19,26H,12-15,17-18H2,1H3,(H2,36,39). The van der Waals surface area contributed by atoms with Gasteiger partial charge in [0.25, 0.3) is 5.91 Å². The van der Waals surface area contributed by atoms with E-state index in [0.717, 1.165) is 23.6 Å². The number of methoxy groups -OCH3 is 1. The molecule has 0 aliphatic carbocycles. The number of halogens is 3. The maximum Gasteiger partial charge on any atom is 0.416 e. The van der Waals surface area contributed by atoms with Crippen molar-refractivity contribution in [3.05, 3.63) is 84.3 Å². The summed E-state index contributed by atoms with van der Waals surface area (Å²) in [5.41, 5.74) is 7.30. The number of ether oxygens (including phenoxy) is 2. The molecule has 16 heteroatoms. The lowest BCUT2D eigenvalue weighted by atomic mass is 10.0. The minimum Gasteiger partial charge on any atom is -0.491 e. The average molecular weight is 662 g/mol. The predicted octanol–water partition coefficient (Wildman–Crippen LogP) is 4.30. The van der Waals surface area contributed by atoms with Crippen molar-refractivity contribution in [1.82, 2.24) is 34.3 Å². The van der Waals surface area contributed by atoms with Gasteiger partial charge >= 0.3 is 6.18 Å². The first-order valence-electron chi connectivity index (χ1n) is 15.1. The topological polar surface area (TPSA) is 142 Å². The van der Waals surface area contributed by atoms with Crippen LogP contribution in [0.4, 0.5) is 24.8 Å². The van der Waals surface area contributed by atoms with Gasteiger partial charge in [-0.25, -0.2) is 9.67 Å². The van der Waals surface area contributed by atoms with Gasteiger partial charge < -0.3 is 29.4 Å². The molecule has 248 valence electrons. The summed E-state index contributed by atoms with van der Waals surface area (Å²) in [6.45, 7) is 2.75. The molecule has 1 unspecified atom stereocenters. The molecule has 1 saturated heterocycles. The Morgan fingerprint density at radius 3 is 2.40 bits per heavy atom. The Bertz CT molecular complexity index is 2030. The van der Waals surface area contributed by atoms with Crippen LogP contribution >= 0.6 is 0 Å². The smallest absolute Gasteiger partial charge is 0.416 e. The summed E-state index contributed by atoms with van der Waals surface area (Å²) in [6.07, 6.45) is -1.56. The van der Waals surface area contributed by atoms with Crippen LogP contribution in [0.3, 0.4) is 0 Å². The van der Waals surface area contributed by atoms with E-state index in [1.54, 1.807) is 24.1 Å². The van der Waals surface area contributed by atoms with Gasteiger partial charge in [0.2, 0.25) is 11.8 Å². The molecule has 13 nitrogen and oxygen atoms in total. The van der Waals surface area contributed by atoms with Crippen molar-refractivity contribution >= 4 is 34.2 Å². The van der Waals surface area contributed by atoms with Crippen molar-refractivity contribution in [3.8, 4) is 17.3 Å². The number of benzene rings is 2. The van der Waals surface area contributed by atoms with E-state index < -0.39 is 17.8 Å². The molecule has 48 heavy (non-hydrogen) atoms. The van der Waals surface area contributed by atoms with Crippen LogP contribution in [0.15, 0.2) is 77.5 Å². The zero-order valence-corrected chi connectivity index (χ0v) is 25.7. The van der Waals surface area contributed by atoms with Crippen molar-refractivity contribution in [2.75, 3.05) is 57.1 Å². The van der Waals surface area contributed by atoms with Crippen molar-refractivity contribution in [3.63, 3.8) is 0 Å². The third-order valence-corrected chi connectivity index (χ3v) is 8.18. The van der Waals surface area contributed by atoms with E-state index in [9.17, 15) is 18.0 Å². The molecule has 0 radical (unpaired) electrons. The monoisotopic (exact) mass is 661 g/mol. The Labute approximate surface area is 271 Å². The zero-order chi connectivity index (χ0) is 33.4. The Hall–Kier alpha value is -5.64. The van der Waals surface area contributed by atoms with Crippen LogP contribution < -0.4 is 15.4 Å². The van der Waals surface area contributed by atoms with Crippen LogP contribution in [0, 0.1) is 0 Å². The van der Waals surface area contributed by atoms with Gasteiger partial charge in [0.15, 0.2) is 23.1 Å². The van der Waals surface area contributed by atoms with Gasteiger partial charge in [-0.2, -0.15) is 27.8 Å². The maximum absolute atomic E-state index is 14.3. The number of furan rings is 1. The third-order valence-electron chi connectivity index (χ3n) is 8.18. The molecule has 2 aromatic carbocycles. The molecule has 5 heterocycles. The number of piperazine rings is 1. The summed E-state index contributed by atoms with van der Waals surface area (Å²) in [6, 6.07) is 14.4. The van der Waals surface area contributed by atoms with Crippen molar-refractivity contribution in [2.45, 2.75) is 12.2 Å². The summed E-state index contributed by atoms with van der Waals surface area (Å²) in [5.74, 6) is 1.05. The Morgan fingerprint density at radius 1 is 0.979 bits per heavy atom. The highest BCUT2D eigenvalue weighted by atomic mass is 19.4. The van der Waals surface area contributed by atoms with Gasteiger partial charge in [-0.15, -0.1) is 5.10 Å². The molecular formula is C32H30F3N9O4. The highest BCUT2D eigenvalue weighted by molar-refractivity contribution is 5.92. The van der Waals surface area contributed by atoms with E-state index in [1.165, 1.54) is 33.8 Å². The van der Waals surface area contributed by atoms with E-state index >= 15 is 0 Å². The Kier molecular flexibility index (Phi) is 8.08. The van der Waals surface area contributed by atoms with Crippen LogP contribution in [0.1, 0.15) is 17.2 Å². The summed E-state index contributed by atoms with van der Waals surface area (Å²) in [4.78, 5) is 27.2. The van der Waals surface area contributed by atoms with Gasteiger partial charge in [0.05, 0.1) is 30.0 Å². The highest BCUT2D eigenvalue weighted by Gasteiger charge is 2.35. The van der Waals surface area contributed by atoms with Crippen LogP contribution in [0.2, 0.25) is 0 Å². The maximum atomic E-state index is 14.3. The third kappa shape index (κ3) is 5.85. The van der Waals surface area contributed by atoms with E-state index in [0.29, 0.717) is 61.7 Å². The number of hydrogen-bond acceptors (Lipinski definition) is 10. The normalized spacial score (nSPS) is 14.6. The van der Waals surface area contributed by atoms with E-state index in [2.05, 4.69) is 25.1 Å². The SMILES string of the molecule is COCCOc1ccc(N2CCN(C(=O)C(c3ccc(C(F)(F)F)cc3)n3ncc4c3nc(N)n3nc(-c5ccco5)nc43)CC2)cc1. The number of anilines is 2. The fourth-order valence-corrected chi connectivity index (χ4v) is 5.72. The molecule has 0 saturated carbocycles. The first-order chi connectivity index (χ1) is 23.2. The van der Waals surface area contributed by atoms with Crippen molar-refractivity contribution in [1.29, 1.82) is 0 Å². The van der Waals surface area contributed by atoms with E-state index in [-0.39, 0.29) is 23.3 Å². The molecule has 4 aromatic heterocycles. The minimum atomic E-state index is -4.54. The number of aromatic nitrogens is 6. The largest absolute Gasteiger partial charge is 0.491 e. The fraction of sp³-hybridized carbons (Fsp3) is 0.281. The Balaban J connectivity index is 1.19. The molecule has 2 N–H and O–H groups in total. The van der Waals surface area contributed by atoms with E-state index in [4.69, 9.17) is 19.6 Å². The molecule has 1 amide bonds. The van der Waals surface area contributed by atoms with E-state index in [1.807, 2.05) is 24.3 Å². The van der Waals surface area contributed by atoms with Crippen LogP contribution in [0.5, 0.6) is 5.75 Å². The second kappa shape index (κ2) is 12.5. The average Bonchev–Trinajstić information content (AvgIpc) is 3.86. The molecule has 7 rings (SSSR count). The zero-order valence-electron chi connectivity index (χ0n) is 25.7. The molecule has 0 spiro atoms. The number of amides is 1. The summed E-state index contributed by atoms with van der Waals surface area (Å²) >= 11 is 0. The molecule has 0 bridgehead atoms. The minimum absolute atomic E-state index is 0.0214.